The zero-order valence-electron chi connectivity index (χ0n) is 8.35. The van der Waals surface area contributed by atoms with Crippen molar-refractivity contribution in [1.29, 1.82) is 5.41 Å². The second-order valence-corrected chi connectivity index (χ2v) is 3.83. The van der Waals surface area contributed by atoms with Gasteiger partial charge in [0.15, 0.2) is 0 Å². The van der Waals surface area contributed by atoms with Gasteiger partial charge in [0.25, 0.3) is 0 Å². The van der Waals surface area contributed by atoms with Crippen molar-refractivity contribution < 1.29 is 0 Å². The van der Waals surface area contributed by atoms with Crippen LogP contribution in [-0.2, 0) is 0 Å². The van der Waals surface area contributed by atoms with Crippen LogP contribution in [0, 0.1) is 11.3 Å². The van der Waals surface area contributed by atoms with Gasteiger partial charge in [-0.05, 0) is 31.6 Å². The summed E-state index contributed by atoms with van der Waals surface area (Å²) in [6.07, 6.45) is 6.35. The molecule has 0 spiro atoms. The first-order chi connectivity index (χ1) is 6.83. The highest BCUT2D eigenvalue weighted by atomic mass is 15.2. The van der Waals surface area contributed by atoms with Gasteiger partial charge in [-0.15, -0.1) is 0 Å². The number of hydrogen-bond donors (Lipinski definition) is 1. The third-order valence-electron chi connectivity index (χ3n) is 2.94. The van der Waals surface area contributed by atoms with Crippen LogP contribution in [0.3, 0.4) is 0 Å². The fourth-order valence-corrected chi connectivity index (χ4v) is 2.20. The van der Waals surface area contributed by atoms with E-state index >= 15 is 0 Å². The Bertz CT molecular complexity index is 310. The molecule has 0 aliphatic carbocycles. The topological polar surface area (TPSA) is 40.0 Å². The number of aromatic nitrogens is 1. The zero-order valence-corrected chi connectivity index (χ0v) is 8.35. The molecule has 1 unspecified atom stereocenters. The highest BCUT2D eigenvalue weighted by molar-refractivity contribution is 5.59. The van der Waals surface area contributed by atoms with Crippen LogP contribution in [0.1, 0.15) is 18.0 Å². The van der Waals surface area contributed by atoms with Gasteiger partial charge in [0.2, 0.25) is 0 Å². The molecule has 2 rings (SSSR count). The van der Waals surface area contributed by atoms with Crippen molar-refractivity contribution in [1.82, 2.24) is 9.88 Å². The van der Waals surface area contributed by atoms with Gasteiger partial charge in [-0.2, -0.15) is 0 Å². The van der Waals surface area contributed by atoms with E-state index in [1.807, 2.05) is 12.3 Å². The van der Waals surface area contributed by atoms with E-state index in [2.05, 4.69) is 23.0 Å². The van der Waals surface area contributed by atoms with Crippen LogP contribution < -0.4 is 0 Å². The Labute approximate surface area is 84.3 Å². The minimum absolute atomic E-state index is 0.348. The molecule has 14 heavy (non-hydrogen) atoms. The summed E-state index contributed by atoms with van der Waals surface area (Å²) >= 11 is 0. The SMILES string of the molecule is CN1CCC(C=N)[C@H]1c1cccnc1. The lowest BCUT2D eigenvalue weighted by Crippen LogP contribution is -2.21. The smallest absolute Gasteiger partial charge is 0.0438 e. The van der Waals surface area contributed by atoms with E-state index in [9.17, 15) is 0 Å². The largest absolute Gasteiger partial charge is 0.313 e. The quantitative estimate of drug-likeness (QED) is 0.720. The van der Waals surface area contributed by atoms with E-state index in [0.29, 0.717) is 12.0 Å². The summed E-state index contributed by atoms with van der Waals surface area (Å²) in [7, 11) is 2.11. The van der Waals surface area contributed by atoms with Gasteiger partial charge < -0.3 is 5.41 Å². The van der Waals surface area contributed by atoms with Crippen LogP contribution in [0.5, 0.6) is 0 Å². The zero-order chi connectivity index (χ0) is 9.97. The molecular formula is C11H15N3. The van der Waals surface area contributed by atoms with Crippen molar-refractivity contribution in [2.75, 3.05) is 13.6 Å². The molecule has 1 N–H and O–H groups in total. The van der Waals surface area contributed by atoms with Crippen LogP contribution in [0.25, 0.3) is 0 Å². The van der Waals surface area contributed by atoms with Crippen LogP contribution in [0.2, 0.25) is 0 Å². The van der Waals surface area contributed by atoms with Gasteiger partial charge in [-0.25, -0.2) is 0 Å². The molecule has 0 bridgehead atoms. The highest BCUT2D eigenvalue weighted by Crippen LogP contribution is 2.34. The van der Waals surface area contributed by atoms with E-state index in [1.165, 1.54) is 5.56 Å². The lowest BCUT2D eigenvalue weighted by molar-refractivity contribution is 0.302. The van der Waals surface area contributed by atoms with E-state index in [1.54, 1.807) is 12.4 Å². The van der Waals surface area contributed by atoms with E-state index < -0.39 is 0 Å². The molecule has 1 aromatic rings. The highest BCUT2D eigenvalue weighted by Gasteiger charge is 2.31. The average Bonchev–Trinajstić information content (AvgIpc) is 2.61. The van der Waals surface area contributed by atoms with Gasteiger partial charge in [0.1, 0.15) is 0 Å². The predicted molar refractivity (Wildman–Crippen MR) is 56.5 cm³/mol. The van der Waals surface area contributed by atoms with E-state index in [4.69, 9.17) is 5.41 Å². The molecule has 74 valence electrons. The molecule has 1 aromatic heterocycles. The Morgan fingerprint density at radius 3 is 3.14 bits per heavy atom. The Morgan fingerprint density at radius 2 is 2.50 bits per heavy atom. The second-order valence-electron chi connectivity index (χ2n) is 3.83. The fraction of sp³-hybridized carbons (Fsp3) is 0.455. The normalized spacial score (nSPS) is 27.8. The van der Waals surface area contributed by atoms with Gasteiger partial charge >= 0.3 is 0 Å². The minimum Gasteiger partial charge on any atom is -0.313 e. The lowest BCUT2D eigenvalue weighted by Gasteiger charge is -2.22. The van der Waals surface area contributed by atoms with Crippen molar-refractivity contribution in [3.8, 4) is 0 Å². The molecule has 1 fully saturated rings. The molecule has 0 radical (unpaired) electrons. The fourth-order valence-electron chi connectivity index (χ4n) is 2.20. The summed E-state index contributed by atoms with van der Waals surface area (Å²) in [5, 5.41) is 7.40. The molecule has 2 atom stereocenters. The first kappa shape index (κ1) is 9.34. The summed E-state index contributed by atoms with van der Waals surface area (Å²) in [6, 6.07) is 4.40. The van der Waals surface area contributed by atoms with Crippen LogP contribution >= 0.6 is 0 Å². The summed E-state index contributed by atoms with van der Waals surface area (Å²) in [4.78, 5) is 6.43. The molecule has 1 aliphatic heterocycles. The molecule has 0 aromatic carbocycles. The maximum Gasteiger partial charge on any atom is 0.0438 e. The Hall–Kier alpha value is -1.22. The number of likely N-dealkylation sites (tertiary alicyclic amines) is 1. The van der Waals surface area contributed by atoms with Crippen molar-refractivity contribution in [2.24, 2.45) is 5.92 Å². The molecule has 0 amide bonds. The summed E-state index contributed by atoms with van der Waals surface area (Å²) < 4.78 is 0. The van der Waals surface area contributed by atoms with E-state index in [-0.39, 0.29) is 0 Å². The molecule has 2 heterocycles. The van der Waals surface area contributed by atoms with Gasteiger partial charge in [-0.3, -0.25) is 9.88 Å². The Kier molecular flexibility index (Phi) is 2.59. The average molecular weight is 189 g/mol. The Balaban J connectivity index is 2.27. The third-order valence-corrected chi connectivity index (χ3v) is 2.94. The maximum absolute atomic E-state index is 7.40. The van der Waals surface area contributed by atoms with Gasteiger partial charge in [-0.1, -0.05) is 6.07 Å². The van der Waals surface area contributed by atoms with Crippen LogP contribution in [0.15, 0.2) is 24.5 Å². The van der Waals surface area contributed by atoms with Crippen molar-refractivity contribution in [3.05, 3.63) is 30.1 Å². The number of hydrogen-bond acceptors (Lipinski definition) is 3. The standard InChI is InChI=1S/C11H15N3/c1-14-6-4-9(7-12)11(14)10-3-2-5-13-8-10/h2-3,5,7-9,11-12H,4,6H2,1H3/t9?,11-/m0/s1. The number of rotatable bonds is 2. The second kappa shape index (κ2) is 3.88. The summed E-state index contributed by atoms with van der Waals surface area (Å²) in [5.41, 5.74) is 1.22. The molecule has 3 heteroatoms. The Morgan fingerprint density at radius 1 is 1.64 bits per heavy atom. The third kappa shape index (κ3) is 1.55. The molecular weight excluding hydrogens is 174 g/mol. The maximum atomic E-state index is 7.40. The molecule has 1 saturated heterocycles. The van der Waals surface area contributed by atoms with E-state index in [0.717, 1.165) is 13.0 Å². The molecule has 1 aliphatic rings. The number of pyridine rings is 1. The molecule has 3 nitrogen and oxygen atoms in total. The monoisotopic (exact) mass is 189 g/mol. The van der Waals surface area contributed by atoms with Crippen molar-refractivity contribution in [3.63, 3.8) is 0 Å². The van der Waals surface area contributed by atoms with Crippen molar-refractivity contribution in [2.45, 2.75) is 12.5 Å². The van der Waals surface area contributed by atoms with Gasteiger partial charge in [0.05, 0.1) is 0 Å². The van der Waals surface area contributed by atoms with Gasteiger partial charge in [0, 0.05) is 30.6 Å². The predicted octanol–water partition coefficient (Wildman–Crippen LogP) is 1.72. The first-order valence-corrected chi connectivity index (χ1v) is 4.93. The molecule has 0 saturated carbocycles. The van der Waals surface area contributed by atoms with Crippen LogP contribution in [-0.4, -0.2) is 29.7 Å². The van der Waals surface area contributed by atoms with Crippen LogP contribution in [0.4, 0.5) is 0 Å². The lowest BCUT2D eigenvalue weighted by atomic mass is 9.96. The number of nitrogens with zero attached hydrogens (tertiary/aromatic N) is 2. The summed E-state index contributed by atoms with van der Waals surface area (Å²) in [6.45, 7) is 1.07. The summed E-state index contributed by atoms with van der Waals surface area (Å²) in [5.74, 6) is 0.351. The minimum atomic E-state index is 0.348. The number of nitrogens with one attached hydrogen (secondary N) is 1. The van der Waals surface area contributed by atoms with Crippen molar-refractivity contribution >= 4 is 6.21 Å². The first-order valence-electron chi connectivity index (χ1n) is 4.93.